The van der Waals surface area contributed by atoms with E-state index in [0.29, 0.717) is 0 Å². The Morgan fingerprint density at radius 1 is 0.451 bits per heavy atom. The van der Waals surface area contributed by atoms with E-state index in [4.69, 9.17) is 66.1 Å². The van der Waals surface area contributed by atoms with E-state index < -0.39 is 58.1 Å². The molecule has 4 aromatic rings. The number of phenols is 2. The van der Waals surface area contributed by atoms with Crippen LogP contribution in [0, 0.1) is 0 Å². The number of aromatic carboxylic acids is 4. The smallest absolute Gasteiger partial charge is 0.339 e. The number of carboxylic acids is 4. The molecule has 0 radical (unpaired) electrons. The monoisotopic (exact) mass is 784 g/mol. The number of carbonyl (C=O) groups is 6. The minimum Gasteiger partial charge on any atom is -0.505 e. The lowest BCUT2D eigenvalue weighted by Crippen LogP contribution is -2.09. The zero-order valence-corrected chi connectivity index (χ0v) is 28.1. The van der Waals surface area contributed by atoms with E-state index in [2.05, 4.69) is 0 Å². The Kier molecular flexibility index (Phi) is 13.8. The fourth-order valence-corrected chi connectivity index (χ4v) is 5.33. The third kappa shape index (κ3) is 8.98. The molecule has 0 unspecified atom stereocenters. The predicted molar refractivity (Wildman–Crippen MR) is 184 cm³/mol. The van der Waals surface area contributed by atoms with E-state index in [1.165, 1.54) is 26.4 Å². The number of aromatic hydroxyl groups is 2. The molecular formula is C33H24Cl4O14. The normalized spacial score (nSPS) is 10.2. The van der Waals surface area contributed by atoms with Crippen LogP contribution >= 0.6 is 46.4 Å². The SMILES string of the molecule is C.COc1c(Cl)cc(C(=O)c2cc(Cl)c(OC)c(C(=O)O)c2)cc1C(=O)O.O=C(c1cc(Cl)c(O)c(C(=O)O)c1)c1cc(Cl)c(O)c(C(=O)O)c1. The molecule has 14 nitrogen and oxygen atoms in total. The molecule has 0 spiro atoms. The lowest BCUT2D eigenvalue weighted by Gasteiger charge is -2.12. The van der Waals surface area contributed by atoms with Crippen LogP contribution in [0.1, 0.15) is 80.7 Å². The summed E-state index contributed by atoms with van der Waals surface area (Å²) in [6.45, 7) is 0. The molecule has 18 heteroatoms. The van der Waals surface area contributed by atoms with Crippen molar-refractivity contribution in [1.29, 1.82) is 0 Å². The van der Waals surface area contributed by atoms with Crippen molar-refractivity contribution in [3.05, 3.63) is 113 Å². The Labute approximate surface area is 307 Å². The molecule has 6 N–H and O–H groups in total. The largest absolute Gasteiger partial charge is 0.505 e. The summed E-state index contributed by atoms with van der Waals surface area (Å²) in [6, 6.07) is 8.50. The topological polar surface area (TPSA) is 242 Å². The highest BCUT2D eigenvalue weighted by atomic mass is 35.5. The van der Waals surface area contributed by atoms with Gasteiger partial charge in [0.05, 0.1) is 34.3 Å². The van der Waals surface area contributed by atoms with Gasteiger partial charge >= 0.3 is 23.9 Å². The maximum atomic E-state index is 12.7. The summed E-state index contributed by atoms with van der Waals surface area (Å²) in [5, 5.41) is 54.8. The van der Waals surface area contributed by atoms with Crippen molar-refractivity contribution in [2.45, 2.75) is 7.43 Å². The summed E-state index contributed by atoms with van der Waals surface area (Å²) >= 11 is 23.4. The van der Waals surface area contributed by atoms with E-state index in [1.807, 2.05) is 0 Å². The third-order valence-corrected chi connectivity index (χ3v) is 7.73. The lowest BCUT2D eigenvalue weighted by molar-refractivity contribution is 0.0682. The first-order valence-corrected chi connectivity index (χ1v) is 14.7. The van der Waals surface area contributed by atoms with Crippen molar-refractivity contribution in [2.75, 3.05) is 14.2 Å². The first-order chi connectivity index (χ1) is 23.3. The van der Waals surface area contributed by atoms with Gasteiger partial charge in [-0.25, -0.2) is 19.2 Å². The summed E-state index contributed by atoms with van der Waals surface area (Å²) in [4.78, 5) is 70.0. The van der Waals surface area contributed by atoms with Crippen molar-refractivity contribution in [3.8, 4) is 23.0 Å². The third-order valence-electron chi connectivity index (χ3n) is 6.59. The van der Waals surface area contributed by atoms with E-state index in [9.17, 15) is 49.2 Å². The van der Waals surface area contributed by atoms with Crippen LogP contribution in [0.3, 0.4) is 0 Å². The number of halogens is 4. The minimum atomic E-state index is -1.50. The highest BCUT2D eigenvalue weighted by Crippen LogP contribution is 2.35. The summed E-state index contributed by atoms with van der Waals surface area (Å²) in [5.41, 5.74) is -2.32. The van der Waals surface area contributed by atoms with Crippen LogP contribution < -0.4 is 9.47 Å². The number of methoxy groups -OCH3 is 2. The molecule has 0 bridgehead atoms. The number of ketones is 2. The summed E-state index contributed by atoms with van der Waals surface area (Å²) in [5.74, 6) is -8.70. The number of benzene rings is 4. The van der Waals surface area contributed by atoms with Crippen molar-refractivity contribution in [1.82, 2.24) is 0 Å². The Morgan fingerprint density at radius 3 is 0.922 bits per heavy atom. The molecule has 0 saturated heterocycles. The fraction of sp³-hybridized carbons (Fsp3) is 0.0909. The fourth-order valence-electron chi connectivity index (χ4n) is 4.30. The van der Waals surface area contributed by atoms with Crippen LogP contribution in [0.25, 0.3) is 0 Å². The molecule has 0 heterocycles. The molecule has 0 aliphatic carbocycles. The number of ether oxygens (including phenoxy) is 2. The molecule has 0 amide bonds. The van der Waals surface area contributed by atoms with Gasteiger partial charge in [-0.15, -0.1) is 0 Å². The number of hydrogen-bond donors (Lipinski definition) is 6. The van der Waals surface area contributed by atoms with Crippen LogP contribution in [0.15, 0.2) is 48.5 Å². The number of hydrogen-bond acceptors (Lipinski definition) is 10. The van der Waals surface area contributed by atoms with Gasteiger partial charge in [-0.1, -0.05) is 53.8 Å². The van der Waals surface area contributed by atoms with Crippen LogP contribution in [-0.4, -0.2) is 80.3 Å². The van der Waals surface area contributed by atoms with Gasteiger partial charge in [0.15, 0.2) is 23.1 Å². The zero-order chi connectivity index (χ0) is 37.8. The van der Waals surface area contributed by atoms with E-state index >= 15 is 0 Å². The predicted octanol–water partition coefficient (Wildman–Crippen LogP) is 7.31. The molecule has 4 aromatic carbocycles. The second kappa shape index (κ2) is 16.9. The Balaban J connectivity index is 0.000000348. The van der Waals surface area contributed by atoms with E-state index in [0.717, 1.165) is 36.4 Å². The van der Waals surface area contributed by atoms with Crippen LogP contribution in [-0.2, 0) is 0 Å². The standard InChI is InChI=1S/C17H12Cl2O7.C15H8Cl2O7.CH4/c1-25-14-9(16(21)22)3-7(5-11(14)18)13(20)8-4-10(17(23)24)15(26-2)12(19)6-8;16-9-3-5(1-7(12(9)19)14(21)22)11(18)6-2-8(15(23)24)13(20)10(17)4-6;/h3-6H,1-2H3,(H,21,22)(H,23,24);1-4,19-20H,(H,21,22)(H,23,24);1H4. The molecule has 0 aliphatic heterocycles. The van der Waals surface area contributed by atoms with Crippen LogP contribution in [0.4, 0.5) is 0 Å². The van der Waals surface area contributed by atoms with Gasteiger partial charge in [0.2, 0.25) is 0 Å². The highest BCUT2D eigenvalue weighted by Gasteiger charge is 2.24. The van der Waals surface area contributed by atoms with Gasteiger partial charge in [0.25, 0.3) is 0 Å². The average molecular weight is 786 g/mol. The highest BCUT2D eigenvalue weighted by molar-refractivity contribution is 6.35. The summed E-state index contributed by atoms with van der Waals surface area (Å²) < 4.78 is 9.88. The van der Waals surface area contributed by atoms with Crippen molar-refractivity contribution in [3.63, 3.8) is 0 Å². The van der Waals surface area contributed by atoms with Gasteiger partial charge in [0, 0.05) is 22.3 Å². The Bertz CT molecular complexity index is 1970. The number of rotatable bonds is 10. The van der Waals surface area contributed by atoms with Gasteiger partial charge < -0.3 is 40.1 Å². The molecule has 0 saturated carbocycles. The molecule has 0 fully saturated rings. The van der Waals surface area contributed by atoms with Gasteiger partial charge in [-0.2, -0.15) is 0 Å². The Morgan fingerprint density at radius 2 is 0.686 bits per heavy atom. The summed E-state index contributed by atoms with van der Waals surface area (Å²) in [6.07, 6.45) is 0. The maximum Gasteiger partial charge on any atom is 0.339 e. The first kappa shape index (κ1) is 41.6. The quantitative estimate of drug-likeness (QED) is 0.0864. The second-order valence-electron chi connectivity index (χ2n) is 9.67. The first-order valence-electron chi connectivity index (χ1n) is 13.2. The number of carboxylic acid groups (broad SMARTS) is 4. The van der Waals surface area contributed by atoms with Gasteiger partial charge in [-0.05, 0) is 48.5 Å². The lowest BCUT2D eigenvalue weighted by atomic mass is 9.98. The Hall–Kier alpha value is -5.54. The molecule has 0 aromatic heterocycles. The molecule has 268 valence electrons. The van der Waals surface area contributed by atoms with Crippen molar-refractivity contribution >= 4 is 81.8 Å². The number of carbonyl (C=O) groups excluding carboxylic acids is 2. The average Bonchev–Trinajstić information content (AvgIpc) is 3.05. The van der Waals surface area contributed by atoms with Gasteiger partial charge in [-0.3, -0.25) is 9.59 Å². The van der Waals surface area contributed by atoms with Crippen molar-refractivity contribution < 1.29 is 68.9 Å². The van der Waals surface area contributed by atoms with Crippen LogP contribution in [0.5, 0.6) is 23.0 Å². The molecule has 51 heavy (non-hydrogen) atoms. The minimum absolute atomic E-state index is 0. The molecule has 4 rings (SSSR count). The van der Waals surface area contributed by atoms with Crippen molar-refractivity contribution in [2.24, 2.45) is 0 Å². The summed E-state index contributed by atoms with van der Waals surface area (Å²) in [7, 11) is 2.50. The van der Waals surface area contributed by atoms with E-state index in [-0.39, 0.29) is 72.4 Å². The van der Waals surface area contributed by atoms with Crippen LogP contribution in [0.2, 0.25) is 20.1 Å². The second-order valence-corrected chi connectivity index (χ2v) is 11.3. The molecular weight excluding hydrogens is 762 g/mol. The molecule has 0 aliphatic rings. The van der Waals surface area contributed by atoms with E-state index in [1.54, 1.807) is 0 Å². The zero-order valence-electron chi connectivity index (χ0n) is 25.1. The molecule has 0 atom stereocenters. The van der Waals surface area contributed by atoms with Gasteiger partial charge in [0.1, 0.15) is 33.8 Å². The maximum absolute atomic E-state index is 12.7.